The van der Waals surface area contributed by atoms with Gasteiger partial charge in [0.1, 0.15) is 0 Å². The van der Waals surface area contributed by atoms with Gasteiger partial charge in [-0.05, 0) is 55.3 Å². The van der Waals surface area contributed by atoms with Crippen molar-refractivity contribution >= 4 is 11.8 Å². The van der Waals surface area contributed by atoms with Crippen molar-refractivity contribution in [3.63, 3.8) is 0 Å². The first kappa shape index (κ1) is 16.4. The molecule has 0 radical (unpaired) electrons. The van der Waals surface area contributed by atoms with Crippen LogP contribution in [0.1, 0.15) is 58.8 Å². The van der Waals surface area contributed by atoms with E-state index in [1.807, 2.05) is 0 Å². The second-order valence-corrected chi connectivity index (χ2v) is 9.66. The summed E-state index contributed by atoms with van der Waals surface area (Å²) in [4.78, 5) is 23.2. The molecule has 4 bridgehead atoms. The fraction of sp³-hybridized carbons (Fsp3) is 0.895. The first-order chi connectivity index (χ1) is 11.3. The highest BCUT2D eigenvalue weighted by molar-refractivity contribution is 5.89. The minimum atomic E-state index is -0.213. The van der Waals surface area contributed by atoms with E-state index in [4.69, 9.17) is 4.74 Å². The molecule has 1 heterocycles. The first-order valence-corrected chi connectivity index (χ1v) is 9.47. The van der Waals surface area contributed by atoms with E-state index in [1.165, 1.54) is 38.5 Å². The zero-order chi connectivity index (χ0) is 17.0. The van der Waals surface area contributed by atoms with Gasteiger partial charge in [-0.1, -0.05) is 13.8 Å². The molecule has 2 amide bonds. The summed E-state index contributed by atoms with van der Waals surface area (Å²) in [6.45, 7) is 6.48. The van der Waals surface area contributed by atoms with Crippen LogP contribution < -0.4 is 10.6 Å². The van der Waals surface area contributed by atoms with Crippen molar-refractivity contribution < 1.29 is 14.3 Å². The average molecular weight is 334 g/mol. The van der Waals surface area contributed by atoms with Gasteiger partial charge >= 0.3 is 0 Å². The predicted molar refractivity (Wildman–Crippen MR) is 90.2 cm³/mol. The maximum Gasteiger partial charge on any atom is 0.225 e. The molecule has 5 nitrogen and oxygen atoms in total. The van der Waals surface area contributed by atoms with Gasteiger partial charge < -0.3 is 15.4 Å². The van der Waals surface area contributed by atoms with E-state index in [2.05, 4.69) is 24.5 Å². The summed E-state index contributed by atoms with van der Waals surface area (Å²) >= 11 is 0. The number of amides is 2. The van der Waals surface area contributed by atoms with Crippen LogP contribution >= 0.6 is 0 Å². The lowest BCUT2D eigenvalue weighted by atomic mass is 9.43. The SMILES string of the molecule is CC12CC3CC(C)(C1)CC(OCCNC(=O)C1CNC(=O)C1)(C3)C2. The number of hydrogen-bond acceptors (Lipinski definition) is 3. The highest BCUT2D eigenvalue weighted by atomic mass is 16.5. The molecule has 1 saturated heterocycles. The third-order valence-electron chi connectivity index (χ3n) is 6.73. The lowest BCUT2D eigenvalue weighted by molar-refractivity contribution is -0.213. The number of hydrogen-bond donors (Lipinski definition) is 2. The standard InChI is InChI=1S/C19H30N2O3/c1-17-6-13-7-18(2,10-17)12-19(8-13,11-17)24-4-3-20-16(23)14-5-15(22)21-9-14/h13-14H,3-12H2,1-2H3,(H,20,23)(H,21,22). The lowest BCUT2D eigenvalue weighted by Gasteiger charge is -2.65. The van der Waals surface area contributed by atoms with Crippen LogP contribution in [0.5, 0.6) is 0 Å². The van der Waals surface area contributed by atoms with E-state index in [-0.39, 0.29) is 23.3 Å². The molecule has 0 aromatic rings. The maximum absolute atomic E-state index is 12.1. The highest BCUT2D eigenvalue weighted by Crippen LogP contribution is 2.67. The van der Waals surface area contributed by atoms with Gasteiger partial charge in [-0.3, -0.25) is 9.59 Å². The van der Waals surface area contributed by atoms with Gasteiger partial charge in [0.15, 0.2) is 0 Å². The molecule has 5 rings (SSSR count). The fourth-order valence-corrected chi connectivity index (χ4v) is 6.88. The summed E-state index contributed by atoms with van der Waals surface area (Å²) in [7, 11) is 0. The molecule has 4 saturated carbocycles. The number of carbonyl (C=O) groups excluding carboxylic acids is 2. The monoisotopic (exact) mass is 334 g/mol. The van der Waals surface area contributed by atoms with Crippen LogP contribution in [0.25, 0.3) is 0 Å². The molecule has 0 aromatic carbocycles. The van der Waals surface area contributed by atoms with Crippen molar-refractivity contribution in [2.75, 3.05) is 19.7 Å². The normalized spacial score (nSPS) is 46.2. The Bertz CT molecular complexity index is 543. The van der Waals surface area contributed by atoms with E-state index in [0.717, 1.165) is 5.92 Å². The molecule has 1 aliphatic heterocycles. The fourth-order valence-electron chi connectivity index (χ4n) is 6.88. The Morgan fingerprint density at radius 2 is 1.92 bits per heavy atom. The topological polar surface area (TPSA) is 67.4 Å². The van der Waals surface area contributed by atoms with Crippen molar-refractivity contribution in [2.24, 2.45) is 22.7 Å². The van der Waals surface area contributed by atoms with Crippen LogP contribution in [0, 0.1) is 22.7 Å². The maximum atomic E-state index is 12.1. The van der Waals surface area contributed by atoms with Crippen molar-refractivity contribution in [3.8, 4) is 0 Å². The number of nitrogens with one attached hydrogen (secondary N) is 2. The molecule has 0 aromatic heterocycles. The first-order valence-electron chi connectivity index (χ1n) is 9.47. The third-order valence-corrected chi connectivity index (χ3v) is 6.73. The zero-order valence-electron chi connectivity index (χ0n) is 15.0. The van der Waals surface area contributed by atoms with Crippen molar-refractivity contribution in [1.29, 1.82) is 0 Å². The molecule has 134 valence electrons. The Morgan fingerprint density at radius 1 is 1.21 bits per heavy atom. The predicted octanol–water partition coefficient (Wildman–Crippen LogP) is 2.00. The van der Waals surface area contributed by atoms with Crippen molar-refractivity contribution in [2.45, 2.75) is 64.4 Å². The van der Waals surface area contributed by atoms with Crippen LogP contribution in [0.2, 0.25) is 0 Å². The number of rotatable bonds is 5. The van der Waals surface area contributed by atoms with Gasteiger partial charge in [-0.25, -0.2) is 0 Å². The molecule has 2 N–H and O–H groups in total. The Labute approximate surface area is 144 Å². The summed E-state index contributed by atoms with van der Waals surface area (Å²) < 4.78 is 6.41. The van der Waals surface area contributed by atoms with Gasteiger partial charge in [0.05, 0.1) is 18.1 Å². The smallest absolute Gasteiger partial charge is 0.225 e. The Hall–Kier alpha value is -1.10. The molecule has 5 aliphatic rings. The number of carbonyl (C=O) groups is 2. The molecular weight excluding hydrogens is 304 g/mol. The van der Waals surface area contributed by atoms with E-state index < -0.39 is 0 Å². The van der Waals surface area contributed by atoms with Crippen LogP contribution in [-0.4, -0.2) is 37.1 Å². The molecule has 3 unspecified atom stereocenters. The minimum absolute atomic E-state index is 0.0264. The number of ether oxygens (including phenoxy) is 1. The van der Waals surface area contributed by atoms with Gasteiger partial charge in [0, 0.05) is 19.5 Å². The summed E-state index contributed by atoms with van der Waals surface area (Å²) in [5.41, 5.74) is 0.944. The van der Waals surface area contributed by atoms with Gasteiger partial charge in [-0.15, -0.1) is 0 Å². The van der Waals surface area contributed by atoms with Crippen molar-refractivity contribution in [3.05, 3.63) is 0 Å². The van der Waals surface area contributed by atoms with Gasteiger partial charge in [-0.2, -0.15) is 0 Å². The molecule has 0 spiro atoms. The second kappa shape index (κ2) is 5.45. The lowest BCUT2D eigenvalue weighted by Crippen LogP contribution is -2.59. The Balaban J connectivity index is 1.29. The molecule has 5 fully saturated rings. The molecule has 4 aliphatic carbocycles. The zero-order valence-corrected chi connectivity index (χ0v) is 15.0. The Kier molecular flexibility index (Phi) is 3.72. The minimum Gasteiger partial charge on any atom is -0.373 e. The summed E-state index contributed by atoms with van der Waals surface area (Å²) in [6.07, 6.45) is 7.96. The van der Waals surface area contributed by atoms with Crippen LogP contribution in [0.3, 0.4) is 0 Å². The average Bonchev–Trinajstić information content (AvgIpc) is 2.86. The van der Waals surface area contributed by atoms with E-state index in [1.54, 1.807) is 0 Å². The van der Waals surface area contributed by atoms with E-state index in [9.17, 15) is 9.59 Å². The molecule has 24 heavy (non-hydrogen) atoms. The van der Waals surface area contributed by atoms with Crippen LogP contribution in [0.4, 0.5) is 0 Å². The Morgan fingerprint density at radius 3 is 2.50 bits per heavy atom. The van der Waals surface area contributed by atoms with Crippen LogP contribution in [0.15, 0.2) is 0 Å². The second-order valence-electron chi connectivity index (χ2n) is 9.66. The highest BCUT2D eigenvalue weighted by Gasteiger charge is 2.60. The van der Waals surface area contributed by atoms with Crippen LogP contribution in [-0.2, 0) is 14.3 Å². The molecule has 5 heteroatoms. The summed E-state index contributed by atoms with van der Waals surface area (Å²) in [6, 6.07) is 0. The van der Waals surface area contributed by atoms with Gasteiger partial charge in [0.25, 0.3) is 0 Å². The summed E-state index contributed by atoms with van der Waals surface area (Å²) in [5, 5.41) is 5.65. The third kappa shape index (κ3) is 2.96. The largest absolute Gasteiger partial charge is 0.373 e. The van der Waals surface area contributed by atoms with Crippen molar-refractivity contribution in [1.82, 2.24) is 10.6 Å². The van der Waals surface area contributed by atoms with Gasteiger partial charge in [0.2, 0.25) is 11.8 Å². The quantitative estimate of drug-likeness (QED) is 0.756. The van der Waals surface area contributed by atoms with E-state index in [0.29, 0.717) is 36.9 Å². The van der Waals surface area contributed by atoms with E-state index >= 15 is 0 Å². The summed E-state index contributed by atoms with van der Waals surface area (Å²) in [5.74, 6) is 0.555. The molecular formula is C19H30N2O3. The molecule has 3 atom stereocenters.